The van der Waals surface area contributed by atoms with Gasteiger partial charge < -0.3 is 5.32 Å². The largest absolute Gasteiger partial charge is 0.321 e. The Morgan fingerprint density at radius 3 is 2.59 bits per heavy atom. The summed E-state index contributed by atoms with van der Waals surface area (Å²) in [5, 5.41) is 3.93. The lowest BCUT2D eigenvalue weighted by molar-refractivity contribution is 0.102. The van der Waals surface area contributed by atoms with Crippen molar-refractivity contribution in [1.82, 2.24) is 4.98 Å². The zero-order chi connectivity index (χ0) is 19.0. The highest BCUT2D eigenvalue weighted by Gasteiger charge is 2.14. The highest BCUT2D eigenvalue weighted by molar-refractivity contribution is 9.10. The van der Waals surface area contributed by atoms with Gasteiger partial charge in [0.1, 0.15) is 5.01 Å². The number of anilines is 1. The topological polar surface area (TPSA) is 42.0 Å². The first-order valence-electron chi connectivity index (χ1n) is 8.55. The third-order valence-electron chi connectivity index (χ3n) is 4.52. The highest BCUT2D eigenvalue weighted by Crippen LogP contribution is 2.36. The summed E-state index contributed by atoms with van der Waals surface area (Å²) in [6.45, 7) is 4.05. The molecule has 1 amide bonds. The van der Waals surface area contributed by atoms with Crippen LogP contribution in [-0.4, -0.2) is 10.9 Å². The SMILES string of the molecule is Cc1ccc(C(=O)Nc2ccc(Br)cc2-c2nc3ccccc3s2)cc1C. The van der Waals surface area contributed by atoms with E-state index in [0.717, 1.165) is 36.5 Å². The minimum atomic E-state index is -0.122. The third-order valence-corrected chi connectivity index (χ3v) is 6.09. The summed E-state index contributed by atoms with van der Waals surface area (Å²) in [5.74, 6) is -0.122. The molecule has 3 nitrogen and oxygen atoms in total. The molecule has 0 aliphatic heterocycles. The van der Waals surface area contributed by atoms with Gasteiger partial charge in [-0.1, -0.05) is 34.1 Å². The molecule has 1 N–H and O–H groups in total. The fourth-order valence-corrected chi connectivity index (χ4v) is 4.22. The number of fused-ring (bicyclic) bond motifs is 1. The van der Waals surface area contributed by atoms with Crippen molar-refractivity contribution in [3.05, 3.63) is 81.8 Å². The molecule has 0 aliphatic rings. The minimum absolute atomic E-state index is 0.122. The first-order valence-corrected chi connectivity index (χ1v) is 10.2. The molecule has 0 bridgehead atoms. The van der Waals surface area contributed by atoms with Crippen molar-refractivity contribution >= 4 is 49.1 Å². The molecule has 0 spiro atoms. The van der Waals surface area contributed by atoms with E-state index in [4.69, 9.17) is 4.98 Å². The summed E-state index contributed by atoms with van der Waals surface area (Å²) in [6, 6.07) is 19.6. The number of para-hydroxylation sites is 1. The zero-order valence-electron chi connectivity index (χ0n) is 14.9. The number of hydrogen-bond acceptors (Lipinski definition) is 3. The molecule has 0 fully saturated rings. The number of amides is 1. The Kier molecular flexibility index (Phi) is 4.81. The summed E-state index contributed by atoms with van der Waals surface area (Å²) >= 11 is 5.15. The standard InChI is InChI=1S/C22H17BrN2OS/c1-13-7-8-15(11-14(13)2)21(26)24-18-10-9-16(23)12-17(18)22-25-19-5-3-4-6-20(19)27-22/h3-12H,1-2H3,(H,24,26). The van der Waals surface area contributed by atoms with E-state index in [2.05, 4.69) is 27.3 Å². The van der Waals surface area contributed by atoms with E-state index in [1.165, 1.54) is 5.56 Å². The van der Waals surface area contributed by atoms with Crippen molar-refractivity contribution in [2.24, 2.45) is 0 Å². The molecule has 0 aliphatic carbocycles. The van der Waals surface area contributed by atoms with Crippen LogP contribution in [0.2, 0.25) is 0 Å². The Morgan fingerprint density at radius 1 is 1.00 bits per heavy atom. The lowest BCUT2D eigenvalue weighted by Gasteiger charge is -2.11. The average Bonchev–Trinajstić information content (AvgIpc) is 3.09. The lowest BCUT2D eigenvalue weighted by Crippen LogP contribution is -2.13. The van der Waals surface area contributed by atoms with Gasteiger partial charge in [-0.05, 0) is 67.4 Å². The number of hydrogen-bond donors (Lipinski definition) is 1. The monoisotopic (exact) mass is 436 g/mol. The number of nitrogens with zero attached hydrogens (tertiary/aromatic N) is 1. The molecule has 5 heteroatoms. The van der Waals surface area contributed by atoms with Gasteiger partial charge in [0.15, 0.2) is 0 Å². The zero-order valence-corrected chi connectivity index (χ0v) is 17.3. The van der Waals surface area contributed by atoms with Crippen LogP contribution in [0.25, 0.3) is 20.8 Å². The molecule has 0 saturated heterocycles. The van der Waals surface area contributed by atoms with Gasteiger partial charge in [-0.3, -0.25) is 4.79 Å². The third kappa shape index (κ3) is 3.66. The summed E-state index contributed by atoms with van der Waals surface area (Å²) in [7, 11) is 0. The summed E-state index contributed by atoms with van der Waals surface area (Å²) in [6.07, 6.45) is 0. The Hall–Kier alpha value is -2.50. The maximum Gasteiger partial charge on any atom is 0.255 e. The van der Waals surface area contributed by atoms with E-state index in [0.29, 0.717) is 5.56 Å². The lowest BCUT2D eigenvalue weighted by atomic mass is 10.1. The number of nitrogens with one attached hydrogen (secondary N) is 1. The van der Waals surface area contributed by atoms with Gasteiger partial charge in [0.05, 0.1) is 15.9 Å². The van der Waals surface area contributed by atoms with Crippen molar-refractivity contribution in [2.75, 3.05) is 5.32 Å². The number of thiazole rings is 1. The fourth-order valence-electron chi connectivity index (χ4n) is 2.87. The normalized spacial score (nSPS) is 10.9. The van der Waals surface area contributed by atoms with Crippen molar-refractivity contribution in [2.45, 2.75) is 13.8 Å². The van der Waals surface area contributed by atoms with Gasteiger partial charge in [0, 0.05) is 15.6 Å². The average molecular weight is 437 g/mol. The van der Waals surface area contributed by atoms with E-state index in [1.54, 1.807) is 11.3 Å². The van der Waals surface area contributed by atoms with Crippen molar-refractivity contribution in [3.8, 4) is 10.6 Å². The van der Waals surface area contributed by atoms with E-state index >= 15 is 0 Å². The Labute approximate surface area is 170 Å². The first kappa shape index (κ1) is 17.9. The van der Waals surface area contributed by atoms with Crippen LogP contribution in [0.4, 0.5) is 5.69 Å². The molecule has 27 heavy (non-hydrogen) atoms. The second-order valence-corrected chi connectivity index (χ2v) is 8.38. The van der Waals surface area contributed by atoms with Crippen LogP contribution in [0.5, 0.6) is 0 Å². The number of carbonyl (C=O) groups excluding carboxylic acids is 1. The highest BCUT2D eigenvalue weighted by atomic mass is 79.9. The molecule has 0 unspecified atom stereocenters. The molecule has 0 radical (unpaired) electrons. The molecule has 3 aromatic carbocycles. The Bertz CT molecular complexity index is 1130. The fraction of sp³-hybridized carbons (Fsp3) is 0.0909. The molecule has 4 rings (SSSR count). The van der Waals surface area contributed by atoms with Crippen LogP contribution >= 0.6 is 27.3 Å². The molecular weight excluding hydrogens is 420 g/mol. The molecular formula is C22H17BrN2OS. The van der Waals surface area contributed by atoms with Gasteiger partial charge in [-0.2, -0.15) is 0 Å². The summed E-state index contributed by atoms with van der Waals surface area (Å²) in [4.78, 5) is 17.5. The van der Waals surface area contributed by atoms with Crippen LogP contribution in [-0.2, 0) is 0 Å². The molecule has 0 atom stereocenters. The molecule has 1 aromatic heterocycles. The smallest absolute Gasteiger partial charge is 0.255 e. The summed E-state index contributed by atoms with van der Waals surface area (Å²) in [5.41, 5.74) is 5.54. The van der Waals surface area contributed by atoms with Gasteiger partial charge in [0.25, 0.3) is 5.91 Å². The predicted octanol–water partition coefficient (Wildman–Crippen LogP) is 6.59. The second kappa shape index (κ2) is 7.25. The van der Waals surface area contributed by atoms with E-state index in [9.17, 15) is 4.79 Å². The van der Waals surface area contributed by atoms with Gasteiger partial charge in [0.2, 0.25) is 0 Å². The van der Waals surface area contributed by atoms with Crippen molar-refractivity contribution in [1.29, 1.82) is 0 Å². The molecule has 4 aromatic rings. The molecule has 134 valence electrons. The van der Waals surface area contributed by atoms with Gasteiger partial charge >= 0.3 is 0 Å². The van der Waals surface area contributed by atoms with Crippen LogP contribution in [0, 0.1) is 13.8 Å². The van der Waals surface area contributed by atoms with Crippen LogP contribution in [0.15, 0.2) is 65.1 Å². The Morgan fingerprint density at radius 2 is 1.81 bits per heavy atom. The number of benzene rings is 3. The number of carbonyl (C=O) groups is 1. The maximum absolute atomic E-state index is 12.8. The van der Waals surface area contributed by atoms with Gasteiger partial charge in [-0.15, -0.1) is 11.3 Å². The minimum Gasteiger partial charge on any atom is -0.321 e. The number of aromatic nitrogens is 1. The number of aryl methyl sites for hydroxylation is 2. The van der Waals surface area contributed by atoms with Gasteiger partial charge in [-0.25, -0.2) is 4.98 Å². The predicted molar refractivity (Wildman–Crippen MR) is 117 cm³/mol. The maximum atomic E-state index is 12.8. The van der Waals surface area contributed by atoms with Crippen molar-refractivity contribution in [3.63, 3.8) is 0 Å². The number of halogens is 1. The van der Waals surface area contributed by atoms with Crippen LogP contribution < -0.4 is 5.32 Å². The second-order valence-electron chi connectivity index (χ2n) is 6.43. The van der Waals surface area contributed by atoms with Crippen LogP contribution in [0.1, 0.15) is 21.5 Å². The Balaban J connectivity index is 1.73. The quantitative estimate of drug-likeness (QED) is 0.393. The molecule has 1 heterocycles. The van der Waals surface area contributed by atoms with E-state index < -0.39 is 0 Å². The molecule has 0 saturated carbocycles. The van der Waals surface area contributed by atoms with Crippen LogP contribution in [0.3, 0.4) is 0 Å². The van der Waals surface area contributed by atoms with Crippen molar-refractivity contribution < 1.29 is 4.79 Å². The summed E-state index contributed by atoms with van der Waals surface area (Å²) < 4.78 is 2.07. The number of rotatable bonds is 3. The first-order chi connectivity index (χ1) is 13.0. The van der Waals surface area contributed by atoms with E-state index in [-0.39, 0.29) is 5.91 Å². The van der Waals surface area contributed by atoms with E-state index in [1.807, 2.05) is 68.4 Å².